The largest absolute Gasteiger partial charge is 0.487 e. The Bertz CT molecular complexity index is 1000. The van der Waals surface area contributed by atoms with Gasteiger partial charge in [0.2, 0.25) is 11.8 Å². The average molecular weight is 426 g/mol. The van der Waals surface area contributed by atoms with E-state index in [1.54, 1.807) is 42.9 Å². The second-order valence-electron chi connectivity index (χ2n) is 6.20. The Labute approximate surface area is 179 Å². The molecule has 7 nitrogen and oxygen atoms in total. The number of amides is 1. The van der Waals surface area contributed by atoms with Crippen molar-refractivity contribution in [1.82, 2.24) is 9.97 Å². The Balaban J connectivity index is 1.63. The number of carbonyl (C=O) groups is 1. The monoisotopic (exact) mass is 425 g/mol. The number of thiazole rings is 1. The highest BCUT2D eigenvalue weighted by atomic mass is 32.1. The molecule has 1 N–H and O–H groups in total. The molecule has 0 saturated heterocycles. The quantitative estimate of drug-likeness (QED) is 0.389. The second-order valence-corrected chi connectivity index (χ2v) is 7.27. The van der Waals surface area contributed by atoms with E-state index in [1.165, 1.54) is 6.08 Å². The van der Waals surface area contributed by atoms with Gasteiger partial charge in [0.15, 0.2) is 0 Å². The molecule has 0 bridgehead atoms. The lowest BCUT2D eigenvalue weighted by Crippen LogP contribution is -2.12. The summed E-state index contributed by atoms with van der Waals surface area (Å²) in [6.45, 7) is 3.11. The van der Waals surface area contributed by atoms with E-state index in [0.717, 1.165) is 16.3 Å². The van der Waals surface area contributed by atoms with Crippen LogP contribution in [-0.4, -0.2) is 36.2 Å². The minimum Gasteiger partial charge on any atom is -0.487 e. The van der Waals surface area contributed by atoms with Crippen LogP contribution in [0.15, 0.2) is 54.1 Å². The van der Waals surface area contributed by atoms with E-state index in [1.807, 2.05) is 36.6 Å². The Kier molecular flexibility index (Phi) is 7.94. The molecule has 0 saturated carbocycles. The number of nitrogens with zero attached hydrogens (tertiary/aromatic N) is 2. The molecule has 3 rings (SSSR count). The fourth-order valence-corrected chi connectivity index (χ4v) is 3.14. The first-order chi connectivity index (χ1) is 14.7. The van der Waals surface area contributed by atoms with Crippen molar-refractivity contribution in [2.45, 2.75) is 13.5 Å². The summed E-state index contributed by atoms with van der Waals surface area (Å²) in [4.78, 5) is 21.0. The molecule has 0 radical (unpaired) electrons. The average Bonchev–Trinajstić information content (AvgIpc) is 3.18. The van der Waals surface area contributed by atoms with Gasteiger partial charge in [0.25, 0.3) is 0 Å². The fourth-order valence-electron chi connectivity index (χ4n) is 2.54. The van der Waals surface area contributed by atoms with Gasteiger partial charge in [-0.15, -0.1) is 11.3 Å². The number of para-hydroxylation sites is 1. The number of aromatic nitrogens is 2. The van der Waals surface area contributed by atoms with Gasteiger partial charge >= 0.3 is 0 Å². The SMILES string of the molecule is COCCOc1ncccc1NC(=O)/C=C/c1ccccc1OCc1csc(C)n1. The van der Waals surface area contributed by atoms with E-state index >= 15 is 0 Å². The molecule has 0 atom stereocenters. The van der Waals surface area contributed by atoms with Gasteiger partial charge in [-0.3, -0.25) is 4.79 Å². The third-order valence-corrected chi connectivity index (χ3v) is 4.75. The Morgan fingerprint density at radius 3 is 2.83 bits per heavy atom. The van der Waals surface area contributed by atoms with Gasteiger partial charge < -0.3 is 19.5 Å². The zero-order valence-corrected chi connectivity index (χ0v) is 17.6. The fraction of sp³-hybridized carbons (Fsp3) is 0.227. The van der Waals surface area contributed by atoms with Crippen molar-refractivity contribution >= 4 is 29.0 Å². The van der Waals surface area contributed by atoms with Gasteiger partial charge in [0.1, 0.15) is 24.7 Å². The molecule has 3 aromatic rings. The molecule has 0 aliphatic rings. The molecule has 0 fully saturated rings. The van der Waals surface area contributed by atoms with Crippen molar-refractivity contribution < 1.29 is 19.0 Å². The van der Waals surface area contributed by atoms with Gasteiger partial charge in [-0.25, -0.2) is 9.97 Å². The van der Waals surface area contributed by atoms with E-state index in [-0.39, 0.29) is 5.91 Å². The Hall–Kier alpha value is -3.23. The smallest absolute Gasteiger partial charge is 0.248 e. The van der Waals surface area contributed by atoms with E-state index in [2.05, 4.69) is 15.3 Å². The van der Waals surface area contributed by atoms with Crippen molar-refractivity contribution in [3.8, 4) is 11.6 Å². The summed E-state index contributed by atoms with van der Waals surface area (Å²) in [5.41, 5.74) is 2.17. The maximum Gasteiger partial charge on any atom is 0.248 e. The zero-order valence-electron chi connectivity index (χ0n) is 16.8. The number of carbonyl (C=O) groups excluding carboxylic acids is 1. The van der Waals surface area contributed by atoms with Gasteiger partial charge in [0, 0.05) is 30.3 Å². The summed E-state index contributed by atoms with van der Waals surface area (Å²) < 4.78 is 16.4. The van der Waals surface area contributed by atoms with Crippen molar-refractivity contribution in [2.75, 3.05) is 25.6 Å². The van der Waals surface area contributed by atoms with Crippen molar-refractivity contribution in [1.29, 1.82) is 0 Å². The maximum absolute atomic E-state index is 12.4. The van der Waals surface area contributed by atoms with Crippen LogP contribution < -0.4 is 14.8 Å². The highest BCUT2D eigenvalue weighted by Gasteiger charge is 2.08. The van der Waals surface area contributed by atoms with Crippen molar-refractivity contribution in [3.05, 3.63) is 70.3 Å². The molecule has 0 unspecified atom stereocenters. The van der Waals surface area contributed by atoms with Crippen molar-refractivity contribution in [2.24, 2.45) is 0 Å². The van der Waals surface area contributed by atoms with Gasteiger partial charge in [-0.05, 0) is 31.2 Å². The molecule has 1 amide bonds. The number of ether oxygens (including phenoxy) is 3. The number of nitrogens with one attached hydrogen (secondary N) is 1. The highest BCUT2D eigenvalue weighted by molar-refractivity contribution is 7.09. The first kappa shape index (κ1) is 21.5. The standard InChI is InChI=1S/C22H23N3O4S/c1-16-24-18(15-30-16)14-29-20-8-4-3-6-17(20)9-10-21(26)25-19-7-5-11-23-22(19)28-13-12-27-2/h3-11,15H,12-14H2,1-2H3,(H,25,26)/b10-9+. The number of hydrogen-bond donors (Lipinski definition) is 1. The van der Waals surface area contributed by atoms with E-state index in [9.17, 15) is 4.79 Å². The molecule has 2 heterocycles. The Morgan fingerprint density at radius 2 is 2.03 bits per heavy atom. The molecule has 1 aromatic carbocycles. The van der Waals surface area contributed by atoms with Crippen LogP contribution in [-0.2, 0) is 16.1 Å². The number of hydrogen-bond acceptors (Lipinski definition) is 7. The number of rotatable bonds is 10. The van der Waals surface area contributed by atoms with Crippen LogP contribution in [0.3, 0.4) is 0 Å². The third-order valence-electron chi connectivity index (χ3n) is 3.93. The Morgan fingerprint density at radius 1 is 1.17 bits per heavy atom. The van der Waals surface area contributed by atoms with Crippen LogP contribution >= 0.6 is 11.3 Å². The molecule has 8 heteroatoms. The van der Waals surface area contributed by atoms with Gasteiger partial charge in [-0.1, -0.05) is 18.2 Å². The summed E-state index contributed by atoms with van der Waals surface area (Å²) in [5, 5.41) is 5.76. The molecule has 2 aromatic heterocycles. The minimum atomic E-state index is -0.301. The second kappa shape index (κ2) is 11.1. The summed E-state index contributed by atoms with van der Waals surface area (Å²) in [7, 11) is 1.59. The van der Waals surface area contributed by atoms with Crippen LogP contribution in [0.5, 0.6) is 11.6 Å². The molecule has 156 valence electrons. The predicted molar refractivity (Wildman–Crippen MR) is 117 cm³/mol. The first-order valence-electron chi connectivity index (χ1n) is 9.34. The molecule has 30 heavy (non-hydrogen) atoms. The van der Waals surface area contributed by atoms with Crippen molar-refractivity contribution in [3.63, 3.8) is 0 Å². The highest BCUT2D eigenvalue weighted by Crippen LogP contribution is 2.23. The van der Waals surface area contributed by atoms with Gasteiger partial charge in [-0.2, -0.15) is 0 Å². The van der Waals surface area contributed by atoms with E-state index in [0.29, 0.717) is 37.1 Å². The van der Waals surface area contributed by atoms with Crippen LogP contribution in [0.25, 0.3) is 6.08 Å². The number of pyridine rings is 1. The molecular formula is C22H23N3O4S. The predicted octanol–water partition coefficient (Wildman–Crippen LogP) is 4.10. The first-order valence-corrected chi connectivity index (χ1v) is 10.2. The van der Waals surface area contributed by atoms with Crippen LogP contribution in [0.2, 0.25) is 0 Å². The van der Waals surface area contributed by atoms with Crippen LogP contribution in [0, 0.1) is 6.92 Å². The van der Waals surface area contributed by atoms with Crippen LogP contribution in [0.1, 0.15) is 16.3 Å². The van der Waals surface area contributed by atoms with Crippen LogP contribution in [0.4, 0.5) is 5.69 Å². The number of methoxy groups -OCH3 is 1. The third kappa shape index (κ3) is 6.40. The zero-order chi connectivity index (χ0) is 21.2. The summed E-state index contributed by atoms with van der Waals surface area (Å²) >= 11 is 1.59. The maximum atomic E-state index is 12.4. The number of benzene rings is 1. The topological polar surface area (TPSA) is 82.6 Å². The lowest BCUT2D eigenvalue weighted by molar-refractivity contribution is -0.111. The molecule has 0 aliphatic carbocycles. The number of aryl methyl sites for hydroxylation is 1. The summed E-state index contributed by atoms with van der Waals surface area (Å²) in [6, 6.07) is 11.0. The lowest BCUT2D eigenvalue weighted by atomic mass is 10.2. The van der Waals surface area contributed by atoms with Gasteiger partial charge in [0.05, 0.1) is 17.3 Å². The lowest BCUT2D eigenvalue weighted by Gasteiger charge is -2.10. The summed E-state index contributed by atoms with van der Waals surface area (Å²) in [5.74, 6) is 0.722. The number of anilines is 1. The summed E-state index contributed by atoms with van der Waals surface area (Å²) in [6.07, 6.45) is 4.75. The minimum absolute atomic E-state index is 0.301. The molecule has 0 aliphatic heterocycles. The molecule has 0 spiro atoms. The van der Waals surface area contributed by atoms with E-state index < -0.39 is 0 Å². The normalized spacial score (nSPS) is 10.9. The molecular weight excluding hydrogens is 402 g/mol. The van der Waals surface area contributed by atoms with E-state index in [4.69, 9.17) is 14.2 Å².